The first kappa shape index (κ1) is 24.1. The Balaban J connectivity index is 2.16. The Hall–Kier alpha value is -0.900. The van der Waals surface area contributed by atoms with Crippen molar-refractivity contribution in [3.63, 3.8) is 0 Å². The second-order valence-electron chi connectivity index (χ2n) is 8.16. The van der Waals surface area contributed by atoms with Crippen molar-refractivity contribution in [2.45, 2.75) is 96.4 Å². The van der Waals surface area contributed by atoms with Gasteiger partial charge >= 0.3 is 0 Å². The zero-order chi connectivity index (χ0) is 19.7. The Morgan fingerprint density at radius 3 is 1.93 bits per heavy atom. The Kier molecular flexibility index (Phi) is 14.4. The van der Waals surface area contributed by atoms with Crippen LogP contribution in [0.5, 0.6) is 0 Å². The Morgan fingerprint density at radius 1 is 0.815 bits per heavy atom. The molecule has 0 aliphatic heterocycles. The summed E-state index contributed by atoms with van der Waals surface area (Å²) in [6, 6.07) is 8.91. The maximum atomic E-state index is 9.33. The highest BCUT2D eigenvalue weighted by Crippen LogP contribution is 2.15. The van der Waals surface area contributed by atoms with E-state index in [1.165, 1.54) is 75.3 Å². The Labute approximate surface area is 167 Å². The molecular formula is C24H43NO2. The van der Waals surface area contributed by atoms with Crippen molar-refractivity contribution in [3.8, 4) is 0 Å². The van der Waals surface area contributed by atoms with E-state index in [0.29, 0.717) is 6.42 Å². The highest BCUT2D eigenvalue weighted by Gasteiger charge is 2.13. The fourth-order valence-electron chi connectivity index (χ4n) is 3.76. The van der Waals surface area contributed by atoms with Gasteiger partial charge in [0.15, 0.2) is 0 Å². The zero-order valence-corrected chi connectivity index (χ0v) is 17.5. The number of rotatable bonds is 17. The van der Waals surface area contributed by atoms with E-state index in [4.69, 9.17) is 10.8 Å². The van der Waals surface area contributed by atoms with Crippen molar-refractivity contribution in [1.82, 2.24) is 0 Å². The second kappa shape index (κ2) is 16.1. The molecule has 3 heteroatoms. The van der Waals surface area contributed by atoms with E-state index in [1.807, 2.05) is 0 Å². The molecule has 0 aliphatic carbocycles. The van der Waals surface area contributed by atoms with Gasteiger partial charge in [0.2, 0.25) is 0 Å². The summed E-state index contributed by atoms with van der Waals surface area (Å²) in [5.41, 5.74) is 8.91. The van der Waals surface area contributed by atoms with E-state index in [-0.39, 0.29) is 25.2 Å². The number of hydrogen-bond acceptors (Lipinski definition) is 3. The number of nitrogens with two attached hydrogens (primary N) is 1. The third-order valence-electron chi connectivity index (χ3n) is 5.52. The van der Waals surface area contributed by atoms with E-state index in [9.17, 15) is 5.11 Å². The van der Waals surface area contributed by atoms with Crippen molar-refractivity contribution in [1.29, 1.82) is 0 Å². The van der Waals surface area contributed by atoms with Crippen LogP contribution in [-0.2, 0) is 12.8 Å². The maximum absolute atomic E-state index is 9.33. The molecule has 0 bridgehead atoms. The summed E-state index contributed by atoms with van der Waals surface area (Å²) in [6.07, 6.45) is 15.7. The van der Waals surface area contributed by atoms with Gasteiger partial charge < -0.3 is 15.9 Å². The normalized spacial score (nSPS) is 13.6. The third kappa shape index (κ3) is 12.2. The summed E-state index contributed by atoms with van der Waals surface area (Å²) in [7, 11) is 0. The molecule has 0 spiro atoms. The van der Waals surface area contributed by atoms with E-state index in [2.05, 4.69) is 31.2 Å². The summed E-state index contributed by atoms with van der Waals surface area (Å²) in [4.78, 5) is 0. The van der Waals surface area contributed by atoms with Crippen molar-refractivity contribution in [2.24, 2.45) is 11.7 Å². The first-order valence-electron chi connectivity index (χ1n) is 11.2. The number of aliphatic hydroxyl groups is 2. The molecule has 0 aliphatic rings. The van der Waals surface area contributed by atoms with E-state index >= 15 is 0 Å². The van der Waals surface area contributed by atoms with Gasteiger partial charge in [-0.2, -0.15) is 0 Å². The van der Waals surface area contributed by atoms with Gasteiger partial charge in [0, 0.05) is 19.3 Å². The van der Waals surface area contributed by atoms with Crippen LogP contribution in [0.25, 0.3) is 0 Å². The lowest BCUT2D eigenvalue weighted by atomic mass is 9.93. The molecule has 1 rings (SSSR count). The second-order valence-corrected chi connectivity index (χ2v) is 8.16. The van der Waals surface area contributed by atoms with Crippen LogP contribution in [0.2, 0.25) is 0 Å². The van der Waals surface area contributed by atoms with Crippen LogP contribution in [0.1, 0.15) is 88.7 Å². The minimum atomic E-state index is 0.0388. The maximum Gasteiger partial charge on any atom is 0.0460 e. The molecule has 0 aromatic heterocycles. The largest absolute Gasteiger partial charge is 0.396 e. The quantitative estimate of drug-likeness (QED) is 0.334. The Bertz CT molecular complexity index is 446. The van der Waals surface area contributed by atoms with Crippen LogP contribution in [0, 0.1) is 5.92 Å². The molecule has 27 heavy (non-hydrogen) atoms. The molecule has 0 saturated heterocycles. The van der Waals surface area contributed by atoms with Crippen LogP contribution in [0.4, 0.5) is 0 Å². The number of unbranched alkanes of at least 4 members (excludes halogenated alkanes) is 8. The van der Waals surface area contributed by atoms with Crippen molar-refractivity contribution < 1.29 is 10.2 Å². The fraction of sp³-hybridized carbons (Fsp3) is 0.750. The molecule has 3 nitrogen and oxygen atoms in total. The molecule has 0 heterocycles. The summed E-state index contributed by atoms with van der Waals surface area (Å²) >= 11 is 0. The summed E-state index contributed by atoms with van der Waals surface area (Å²) in [5, 5.41) is 18.3. The van der Waals surface area contributed by atoms with E-state index < -0.39 is 0 Å². The highest BCUT2D eigenvalue weighted by molar-refractivity contribution is 5.23. The summed E-state index contributed by atoms with van der Waals surface area (Å²) < 4.78 is 0. The van der Waals surface area contributed by atoms with Gasteiger partial charge in [0.25, 0.3) is 0 Å². The first-order chi connectivity index (χ1) is 13.2. The zero-order valence-electron chi connectivity index (χ0n) is 17.5. The first-order valence-corrected chi connectivity index (χ1v) is 11.2. The molecule has 2 atom stereocenters. The van der Waals surface area contributed by atoms with Gasteiger partial charge in [-0.05, 0) is 49.1 Å². The molecule has 0 saturated carbocycles. The topological polar surface area (TPSA) is 66.5 Å². The van der Waals surface area contributed by atoms with Gasteiger partial charge in [-0.25, -0.2) is 0 Å². The third-order valence-corrected chi connectivity index (χ3v) is 5.52. The SMILES string of the molecule is CCCCCCCCCCCc1ccc(CC(N)CC(CO)CCO)cc1. The van der Waals surface area contributed by atoms with Crippen LogP contribution < -0.4 is 5.73 Å². The number of aliphatic hydroxyl groups excluding tert-OH is 2. The molecule has 156 valence electrons. The minimum Gasteiger partial charge on any atom is -0.396 e. The molecule has 0 radical (unpaired) electrons. The molecule has 0 fully saturated rings. The lowest BCUT2D eigenvalue weighted by Gasteiger charge is -2.18. The average molecular weight is 378 g/mol. The predicted octanol–water partition coefficient (Wildman–Crippen LogP) is 5.01. The lowest BCUT2D eigenvalue weighted by Crippen LogP contribution is -2.27. The number of aryl methyl sites for hydroxylation is 1. The van der Waals surface area contributed by atoms with Gasteiger partial charge in [-0.3, -0.25) is 0 Å². The standard InChI is InChI=1S/C24H43NO2/c1-2-3-4-5-6-7-8-9-10-11-21-12-14-22(15-13-21)18-24(25)19-23(20-27)16-17-26/h12-15,23-24,26-27H,2-11,16-20,25H2,1H3. The van der Waals surface area contributed by atoms with E-state index in [1.54, 1.807) is 0 Å². The van der Waals surface area contributed by atoms with Crippen LogP contribution in [0.3, 0.4) is 0 Å². The molecule has 2 unspecified atom stereocenters. The van der Waals surface area contributed by atoms with Crippen LogP contribution in [0.15, 0.2) is 24.3 Å². The van der Waals surface area contributed by atoms with Gasteiger partial charge in [-0.1, -0.05) is 82.6 Å². The molecule has 1 aromatic rings. The lowest BCUT2D eigenvalue weighted by molar-refractivity contribution is 0.171. The molecule has 1 aromatic carbocycles. The van der Waals surface area contributed by atoms with Crippen molar-refractivity contribution >= 4 is 0 Å². The fourth-order valence-corrected chi connectivity index (χ4v) is 3.76. The molecule has 4 N–H and O–H groups in total. The van der Waals surface area contributed by atoms with E-state index in [0.717, 1.165) is 12.8 Å². The van der Waals surface area contributed by atoms with Gasteiger partial charge in [-0.15, -0.1) is 0 Å². The number of hydrogen-bond donors (Lipinski definition) is 3. The van der Waals surface area contributed by atoms with Crippen molar-refractivity contribution in [3.05, 3.63) is 35.4 Å². The molecule has 0 amide bonds. The summed E-state index contributed by atoms with van der Waals surface area (Å²) in [6.45, 7) is 2.49. The van der Waals surface area contributed by atoms with Crippen molar-refractivity contribution in [2.75, 3.05) is 13.2 Å². The minimum absolute atomic E-state index is 0.0388. The van der Waals surface area contributed by atoms with Crippen LogP contribution in [-0.4, -0.2) is 29.5 Å². The summed E-state index contributed by atoms with van der Waals surface area (Å²) in [5.74, 6) is 0.107. The predicted molar refractivity (Wildman–Crippen MR) is 116 cm³/mol. The highest BCUT2D eigenvalue weighted by atomic mass is 16.3. The van der Waals surface area contributed by atoms with Gasteiger partial charge in [0.1, 0.15) is 0 Å². The average Bonchev–Trinajstić information content (AvgIpc) is 2.67. The smallest absolute Gasteiger partial charge is 0.0460 e. The Morgan fingerprint density at radius 2 is 1.37 bits per heavy atom. The van der Waals surface area contributed by atoms with Gasteiger partial charge in [0.05, 0.1) is 0 Å². The molecular weight excluding hydrogens is 334 g/mol. The monoisotopic (exact) mass is 377 g/mol. The van der Waals surface area contributed by atoms with Crippen LogP contribution >= 0.6 is 0 Å². The number of benzene rings is 1.